The van der Waals surface area contributed by atoms with Crippen molar-refractivity contribution in [1.29, 1.82) is 0 Å². The summed E-state index contributed by atoms with van der Waals surface area (Å²) in [4.78, 5) is 0. The first kappa shape index (κ1) is 14.1. The number of hydrogen-bond acceptors (Lipinski definition) is 1. The van der Waals surface area contributed by atoms with Crippen molar-refractivity contribution in [2.45, 2.75) is 34.3 Å². The van der Waals surface area contributed by atoms with Gasteiger partial charge in [0, 0.05) is 4.47 Å². The van der Waals surface area contributed by atoms with Crippen molar-refractivity contribution in [2.75, 3.05) is 0 Å². The summed E-state index contributed by atoms with van der Waals surface area (Å²) in [7, 11) is 0. The Bertz CT molecular complexity index is 579. The van der Waals surface area contributed by atoms with Crippen LogP contribution in [0.2, 0.25) is 0 Å². The Kier molecular flexibility index (Phi) is 4.31. The van der Waals surface area contributed by atoms with E-state index in [4.69, 9.17) is 4.74 Å². The van der Waals surface area contributed by atoms with Gasteiger partial charge >= 0.3 is 0 Å². The Morgan fingerprint density at radius 2 is 1.47 bits per heavy atom. The number of benzene rings is 2. The molecule has 0 unspecified atom stereocenters. The molecule has 0 N–H and O–H groups in total. The molecule has 19 heavy (non-hydrogen) atoms. The fourth-order valence-corrected chi connectivity index (χ4v) is 2.28. The van der Waals surface area contributed by atoms with Gasteiger partial charge in [0.05, 0.1) is 0 Å². The molecule has 100 valence electrons. The number of rotatable bonds is 3. The molecule has 0 radical (unpaired) electrons. The molecule has 2 rings (SSSR count). The highest BCUT2D eigenvalue weighted by molar-refractivity contribution is 9.10. The third-order valence-corrected chi connectivity index (χ3v) is 4.64. The topological polar surface area (TPSA) is 9.23 Å². The Morgan fingerprint density at radius 3 is 2.05 bits per heavy atom. The van der Waals surface area contributed by atoms with E-state index in [1.807, 2.05) is 0 Å². The molecule has 0 spiro atoms. The van der Waals surface area contributed by atoms with E-state index in [2.05, 4.69) is 74.0 Å². The highest BCUT2D eigenvalue weighted by atomic mass is 79.9. The molecular formula is C17H19BrO. The molecule has 0 aliphatic rings. The van der Waals surface area contributed by atoms with Crippen LogP contribution in [0.4, 0.5) is 0 Å². The molecule has 2 aromatic rings. The van der Waals surface area contributed by atoms with Crippen LogP contribution in [0.15, 0.2) is 34.8 Å². The van der Waals surface area contributed by atoms with Gasteiger partial charge < -0.3 is 4.74 Å². The Morgan fingerprint density at radius 1 is 0.842 bits per heavy atom. The van der Waals surface area contributed by atoms with Gasteiger partial charge in [-0.05, 0) is 67.6 Å². The lowest BCUT2D eigenvalue weighted by molar-refractivity contribution is 0.305. The molecule has 2 heteroatoms. The number of aryl methyl sites for hydroxylation is 4. The second-order valence-corrected chi connectivity index (χ2v) is 5.87. The third kappa shape index (κ3) is 3.38. The van der Waals surface area contributed by atoms with E-state index < -0.39 is 0 Å². The van der Waals surface area contributed by atoms with Crippen molar-refractivity contribution in [3.8, 4) is 5.75 Å². The van der Waals surface area contributed by atoms with E-state index in [-0.39, 0.29) is 0 Å². The van der Waals surface area contributed by atoms with Gasteiger partial charge in [-0.15, -0.1) is 0 Å². The SMILES string of the molecule is Cc1ccc(COc2cc(C)c(Br)c(C)c2)cc1C. The van der Waals surface area contributed by atoms with Gasteiger partial charge in [0.2, 0.25) is 0 Å². The smallest absolute Gasteiger partial charge is 0.120 e. The zero-order valence-corrected chi connectivity index (χ0v) is 13.5. The summed E-state index contributed by atoms with van der Waals surface area (Å²) in [5.74, 6) is 0.927. The first-order valence-electron chi connectivity index (χ1n) is 6.43. The molecule has 0 saturated heterocycles. The van der Waals surface area contributed by atoms with Crippen LogP contribution in [0.1, 0.15) is 27.8 Å². The molecule has 0 bridgehead atoms. The average molecular weight is 319 g/mol. The summed E-state index contributed by atoms with van der Waals surface area (Å²) in [6.07, 6.45) is 0. The molecule has 0 aliphatic heterocycles. The van der Waals surface area contributed by atoms with Crippen LogP contribution in [0, 0.1) is 27.7 Å². The number of halogens is 1. The van der Waals surface area contributed by atoms with E-state index in [1.165, 1.54) is 27.8 Å². The van der Waals surface area contributed by atoms with Crippen molar-refractivity contribution in [3.63, 3.8) is 0 Å². The fourth-order valence-electron chi connectivity index (χ4n) is 2.05. The molecule has 0 fully saturated rings. The number of ether oxygens (including phenoxy) is 1. The van der Waals surface area contributed by atoms with Gasteiger partial charge in [0.1, 0.15) is 12.4 Å². The van der Waals surface area contributed by atoms with Crippen molar-refractivity contribution in [2.24, 2.45) is 0 Å². The van der Waals surface area contributed by atoms with Crippen molar-refractivity contribution in [3.05, 3.63) is 62.6 Å². The molecule has 0 aliphatic carbocycles. The van der Waals surface area contributed by atoms with Crippen LogP contribution in [0.3, 0.4) is 0 Å². The second kappa shape index (κ2) is 5.79. The minimum atomic E-state index is 0.613. The first-order chi connectivity index (χ1) is 8.97. The van der Waals surface area contributed by atoms with Crippen molar-refractivity contribution < 1.29 is 4.74 Å². The lowest BCUT2D eigenvalue weighted by Gasteiger charge is -2.11. The van der Waals surface area contributed by atoms with Crippen LogP contribution in [0.25, 0.3) is 0 Å². The second-order valence-electron chi connectivity index (χ2n) is 5.08. The van der Waals surface area contributed by atoms with Crippen LogP contribution in [-0.2, 0) is 6.61 Å². The normalized spacial score (nSPS) is 10.6. The Labute approximate surface area is 123 Å². The largest absolute Gasteiger partial charge is 0.489 e. The maximum Gasteiger partial charge on any atom is 0.120 e. The Hall–Kier alpha value is -1.28. The Balaban J connectivity index is 2.12. The average Bonchev–Trinajstić information content (AvgIpc) is 2.37. The van der Waals surface area contributed by atoms with Crippen LogP contribution in [-0.4, -0.2) is 0 Å². The van der Waals surface area contributed by atoms with E-state index in [1.54, 1.807) is 0 Å². The quantitative estimate of drug-likeness (QED) is 0.749. The van der Waals surface area contributed by atoms with Gasteiger partial charge in [0.25, 0.3) is 0 Å². The number of hydrogen-bond donors (Lipinski definition) is 0. The molecule has 0 saturated carbocycles. The van der Waals surface area contributed by atoms with E-state index in [0.29, 0.717) is 6.61 Å². The first-order valence-corrected chi connectivity index (χ1v) is 7.22. The van der Waals surface area contributed by atoms with E-state index >= 15 is 0 Å². The maximum absolute atomic E-state index is 5.88. The van der Waals surface area contributed by atoms with Crippen LogP contribution in [0.5, 0.6) is 5.75 Å². The van der Waals surface area contributed by atoms with Crippen LogP contribution < -0.4 is 4.74 Å². The lowest BCUT2D eigenvalue weighted by Crippen LogP contribution is -1.97. The zero-order chi connectivity index (χ0) is 14.0. The van der Waals surface area contributed by atoms with Crippen molar-refractivity contribution in [1.82, 2.24) is 0 Å². The van der Waals surface area contributed by atoms with Crippen molar-refractivity contribution >= 4 is 15.9 Å². The highest BCUT2D eigenvalue weighted by Crippen LogP contribution is 2.26. The maximum atomic E-state index is 5.88. The predicted octanol–water partition coefficient (Wildman–Crippen LogP) is 5.26. The van der Waals surface area contributed by atoms with Gasteiger partial charge in [-0.25, -0.2) is 0 Å². The summed E-state index contributed by atoms with van der Waals surface area (Å²) in [6.45, 7) is 9.04. The van der Waals surface area contributed by atoms with Gasteiger partial charge in [-0.2, -0.15) is 0 Å². The standard InChI is InChI=1S/C17H19BrO/c1-11-5-6-15(7-12(11)2)10-19-16-8-13(3)17(18)14(4)9-16/h5-9H,10H2,1-4H3. The molecule has 2 aromatic carbocycles. The molecule has 0 heterocycles. The molecule has 1 nitrogen and oxygen atoms in total. The van der Waals surface area contributed by atoms with Gasteiger partial charge in [-0.1, -0.05) is 34.1 Å². The summed E-state index contributed by atoms with van der Waals surface area (Å²) in [6, 6.07) is 10.6. The van der Waals surface area contributed by atoms with E-state index in [0.717, 1.165) is 10.2 Å². The summed E-state index contributed by atoms with van der Waals surface area (Å²) in [5.41, 5.74) is 6.25. The van der Waals surface area contributed by atoms with E-state index in [9.17, 15) is 0 Å². The molecule has 0 aromatic heterocycles. The lowest BCUT2D eigenvalue weighted by atomic mass is 10.1. The van der Waals surface area contributed by atoms with Gasteiger partial charge in [-0.3, -0.25) is 0 Å². The summed E-state index contributed by atoms with van der Waals surface area (Å²) in [5, 5.41) is 0. The highest BCUT2D eigenvalue weighted by Gasteiger charge is 2.04. The molecule has 0 atom stereocenters. The third-order valence-electron chi connectivity index (χ3n) is 3.39. The molecule has 0 amide bonds. The van der Waals surface area contributed by atoms with Crippen LogP contribution >= 0.6 is 15.9 Å². The zero-order valence-electron chi connectivity index (χ0n) is 11.9. The predicted molar refractivity (Wildman–Crippen MR) is 83.9 cm³/mol. The minimum Gasteiger partial charge on any atom is -0.489 e. The summed E-state index contributed by atoms with van der Waals surface area (Å²) < 4.78 is 7.04. The summed E-state index contributed by atoms with van der Waals surface area (Å²) >= 11 is 3.57. The monoisotopic (exact) mass is 318 g/mol. The molecular weight excluding hydrogens is 300 g/mol. The van der Waals surface area contributed by atoms with Gasteiger partial charge in [0.15, 0.2) is 0 Å². The fraction of sp³-hybridized carbons (Fsp3) is 0.294. The minimum absolute atomic E-state index is 0.613.